The van der Waals surface area contributed by atoms with E-state index < -0.39 is 22.6 Å². The Morgan fingerprint density at radius 3 is 2.54 bits per heavy atom. The molecule has 0 radical (unpaired) electrons. The average molecular weight is 223 g/mol. The first-order valence-electron chi connectivity index (χ1n) is 3.31. The molecule has 0 spiro atoms. The molecule has 0 amide bonds. The number of hydrogen-bond acceptors (Lipinski definition) is 4. The Morgan fingerprint density at radius 2 is 2.08 bits per heavy atom. The van der Waals surface area contributed by atoms with Crippen LogP contribution in [0.4, 0.5) is 0 Å². The van der Waals surface area contributed by atoms with Crippen molar-refractivity contribution in [2.75, 3.05) is 0 Å². The summed E-state index contributed by atoms with van der Waals surface area (Å²) < 4.78 is 4.60. The van der Waals surface area contributed by atoms with E-state index in [1.54, 1.807) is 0 Å². The van der Waals surface area contributed by atoms with Gasteiger partial charge in [-0.15, -0.1) is 0 Å². The third-order valence-corrected chi connectivity index (χ3v) is 1.82. The normalized spacial score (nSPS) is 20.9. The molecule has 1 heterocycles. The standard InChI is InChI=1S/C7H4Cl2O4/c8-5(10)2-4-3(7(9)12)1-6(11)13-4/h1,4H,2H2/t4-/m1/s1. The van der Waals surface area contributed by atoms with Crippen LogP contribution >= 0.6 is 23.2 Å². The summed E-state index contributed by atoms with van der Waals surface area (Å²) in [5.41, 5.74) is -0.0272. The topological polar surface area (TPSA) is 60.4 Å². The van der Waals surface area contributed by atoms with E-state index in [-0.39, 0.29) is 12.0 Å². The van der Waals surface area contributed by atoms with Crippen LogP contribution in [0.3, 0.4) is 0 Å². The lowest BCUT2D eigenvalue weighted by Crippen LogP contribution is -2.17. The largest absolute Gasteiger partial charge is 0.454 e. The minimum Gasteiger partial charge on any atom is -0.454 e. The van der Waals surface area contributed by atoms with Crippen LogP contribution < -0.4 is 0 Å². The van der Waals surface area contributed by atoms with Gasteiger partial charge in [-0.05, 0) is 23.2 Å². The molecule has 0 N–H and O–H groups in total. The summed E-state index contributed by atoms with van der Waals surface area (Å²) in [5.74, 6) is -0.688. The molecule has 4 nitrogen and oxygen atoms in total. The number of carbonyl (C=O) groups is 3. The van der Waals surface area contributed by atoms with E-state index in [0.717, 1.165) is 6.08 Å². The summed E-state index contributed by atoms with van der Waals surface area (Å²) in [4.78, 5) is 31.8. The van der Waals surface area contributed by atoms with E-state index in [2.05, 4.69) is 4.74 Å². The van der Waals surface area contributed by atoms with Crippen molar-refractivity contribution in [1.29, 1.82) is 0 Å². The van der Waals surface area contributed by atoms with Crippen LogP contribution in [-0.2, 0) is 19.1 Å². The predicted octanol–water partition coefficient (Wildman–Crippen LogP) is 0.759. The molecule has 6 heteroatoms. The molecule has 1 aliphatic heterocycles. The van der Waals surface area contributed by atoms with Crippen LogP contribution in [0.25, 0.3) is 0 Å². The van der Waals surface area contributed by atoms with Crippen molar-refractivity contribution in [1.82, 2.24) is 0 Å². The first-order valence-corrected chi connectivity index (χ1v) is 4.06. The van der Waals surface area contributed by atoms with Gasteiger partial charge >= 0.3 is 5.97 Å². The molecule has 0 bridgehead atoms. The highest BCUT2D eigenvalue weighted by molar-refractivity contribution is 6.68. The Hall–Kier alpha value is -0.870. The van der Waals surface area contributed by atoms with Crippen LogP contribution in [-0.4, -0.2) is 22.6 Å². The SMILES string of the molecule is O=C(Cl)C[C@H]1OC(=O)C=C1C(=O)Cl. The maximum absolute atomic E-state index is 10.7. The maximum Gasteiger partial charge on any atom is 0.331 e. The average Bonchev–Trinajstić information content (AvgIpc) is 2.29. The Balaban J connectivity index is 2.77. The smallest absolute Gasteiger partial charge is 0.331 e. The maximum atomic E-state index is 10.7. The molecule has 0 unspecified atom stereocenters. The Kier molecular flexibility index (Phi) is 3.06. The Labute approximate surface area is 83.4 Å². The minimum absolute atomic E-state index is 0.0272. The molecular weight excluding hydrogens is 219 g/mol. The number of ether oxygens (including phenoxy) is 1. The zero-order chi connectivity index (χ0) is 10.0. The summed E-state index contributed by atoms with van der Waals surface area (Å²) in [6.45, 7) is 0. The van der Waals surface area contributed by atoms with E-state index in [1.807, 2.05) is 0 Å². The van der Waals surface area contributed by atoms with Crippen molar-refractivity contribution >= 4 is 39.7 Å². The fourth-order valence-corrected chi connectivity index (χ4v) is 1.25. The van der Waals surface area contributed by atoms with Crippen LogP contribution in [0, 0.1) is 0 Å². The lowest BCUT2D eigenvalue weighted by atomic mass is 10.1. The molecule has 0 aromatic carbocycles. The van der Waals surface area contributed by atoms with Gasteiger partial charge < -0.3 is 4.74 Å². The van der Waals surface area contributed by atoms with Gasteiger partial charge in [0.1, 0.15) is 6.10 Å². The van der Waals surface area contributed by atoms with Crippen LogP contribution in [0.15, 0.2) is 11.6 Å². The summed E-state index contributed by atoms with van der Waals surface area (Å²) in [6.07, 6.45) is -0.209. The van der Waals surface area contributed by atoms with Crippen molar-refractivity contribution in [3.05, 3.63) is 11.6 Å². The third-order valence-electron chi connectivity index (χ3n) is 1.45. The zero-order valence-corrected chi connectivity index (χ0v) is 7.76. The molecule has 70 valence electrons. The van der Waals surface area contributed by atoms with Crippen LogP contribution in [0.5, 0.6) is 0 Å². The van der Waals surface area contributed by atoms with Crippen molar-refractivity contribution < 1.29 is 19.1 Å². The van der Waals surface area contributed by atoms with Crippen LogP contribution in [0.1, 0.15) is 6.42 Å². The molecule has 0 fully saturated rings. The van der Waals surface area contributed by atoms with Crippen molar-refractivity contribution in [2.24, 2.45) is 0 Å². The molecular formula is C7H4Cl2O4. The second-order valence-corrected chi connectivity index (χ2v) is 3.12. The zero-order valence-electron chi connectivity index (χ0n) is 6.25. The fourth-order valence-electron chi connectivity index (χ4n) is 0.938. The third kappa shape index (κ3) is 2.54. The first kappa shape index (κ1) is 10.2. The van der Waals surface area contributed by atoms with Gasteiger partial charge in [-0.2, -0.15) is 0 Å². The second-order valence-electron chi connectivity index (χ2n) is 2.36. The van der Waals surface area contributed by atoms with Gasteiger partial charge in [-0.3, -0.25) is 9.59 Å². The highest BCUT2D eigenvalue weighted by Gasteiger charge is 2.31. The number of rotatable bonds is 3. The molecule has 1 rings (SSSR count). The summed E-state index contributed by atoms with van der Waals surface area (Å²) in [6, 6.07) is 0. The van der Waals surface area contributed by atoms with Crippen LogP contribution in [0.2, 0.25) is 0 Å². The van der Waals surface area contributed by atoms with Gasteiger partial charge in [0.05, 0.1) is 12.0 Å². The molecule has 1 aliphatic rings. The van der Waals surface area contributed by atoms with Gasteiger partial charge in [0, 0.05) is 6.08 Å². The lowest BCUT2D eigenvalue weighted by Gasteiger charge is -2.07. The van der Waals surface area contributed by atoms with E-state index in [0.29, 0.717) is 0 Å². The van der Waals surface area contributed by atoms with E-state index in [9.17, 15) is 14.4 Å². The van der Waals surface area contributed by atoms with Gasteiger partial charge in [-0.25, -0.2) is 4.79 Å². The minimum atomic E-state index is -0.928. The molecule has 1 atom stereocenters. The number of cyclic esters (lactones) is 1. The molecule has 0 aromatic rings. The second kappa shape index (κ2) is 3.89. The monoisotopic (exact) mass is 222 g/mol. The van der Waals surface area contributed by atoms with E-state index in [1.165, 1.54) is 0 Å². The molecule has 0 aromatic heterocycles. The van der Waals surface area contributed by atoms with Gasteiger partial charge in [0.2, 0.25) is 5.24 Å². The van der Waals surface area contributed by atoms with Gasteiger partial charge in [0.15, 0.2) is 0 Å². The number of carbonyl (C=O) groups excluding carboxylic acids is 3. The first-order chi connectivity index (χ1) is 6.00. The molecule has 0 saturated heterocycles. The van der Waals surface area contributed by atoms with Crippen molar-refractivity contribution in [2.45, 2.75) is 12.5 Å². The number of halogens is 2. The lowest BCUT2D eigenvalue weighted by molar-refractivity contribution is -0.139. The molecule has 0 aliphatic carbocycles. The quantitative estimate of drug-likeness (QED) is 0.523. The summed E-state index contributed by atoms with van der Waals surface area (Å²) in [7, 11) is 0. The highest BCUT2D eigenvalue weighted by atomic mass is 35.5. The van der Waals surface area contributed by atoms with E-state index in [4.69, 9.17) is 23.2 Å². The number of esters is 1. The van der Waals surface area contributed by atoms with E-state index >= 15 is 0 Å². The Morgan fingerprint density at radius 1 is 1.46 bits per heavy atom. The van der Waals surface area contributed by atoms with Crippen molar-refractivity contribution in [3.8, 4) is 0 Å². The molecule has 0 saturated carbocycles. The predicted molar refractivity (Wildman–Crippen MR) is 44.3 cm³/mol. The fraction of sp³-hybridized carbons (Fsp3) is 0.286. The summed E-state index contributed by atoms with van der Waals surface area (Å²) in [5, 5.41) is -1.50. The van der Waals surface area contributed by atoms with Gasteiger partial charge in [0.25, 0.3) is 5.24 Å². The Bertz CT molecular complexity index is 308. The van der Waals surface area contributed by atoms with Crippen molar-refractivity contribution in [3.63, 3.8) is 0 Å². The molecule has 13 heavy (non-hydrogen) atoms. The highest BCUT2D eigenvalue weighted by Crippen LogP contribution is 2.21. The summed E-state index contributed by atoms with van der Waals surface area (Å²) >= 11 is 10.2. The number of hydrogen-bond donors (Lipinski definition) is 0. The van der Waals surface area contributed by atoms with Gasteiger partial charge in [-0.1, -0.05) is 0 Å².